The van der Waals surface area contributed by atoms with E-state index in [1.54, 1.807) is 0 Å². The topological polar surface area (TPSA) is 57.9 Å². The number of pyridine rings is 1. The van der Waals surface area contributed by atoms with E-state index in [4.69, 9.17) is 14.6 Å². The molecule has 0 aromatic carbocycles. The Morgan fingerprint density at radius 3 is 2.88 bits per heavy atom. The van der Waals surface area contributed by atoms with Gasteiger partial charge in [-0.25, -0.2) is 14.2 Å². The first-order valence-corrected chi connectivity index (χ1v) is 8.35. The van der Waals surface area contributed by atoms with Gasteiger partial charge in [-0.15, -0.1) is 0 Å². The van der Waals surface area contributed by atoms with Crippen molar-refractivity contribution >= 4 is 17.3 Å². The van der Waals surface area contributed by atoms with Gasteiger partial charge in [-0.3, -0.25) is 0 Å². The van der Waals surface area contributed by atoms with Gasteiger partial charge >= 0.3 is 5.69 Å². The van der Waals surface area contributed by atoms with Gasteiger partial charge in [0.1, 0.15) is 12.0 Å². The van der Waals surface area contributed by atoms with Crippen LogP contribution in [0, 0.1) is 11.8 Å². The SMILES string of the molecule is CO[N+](=O)c1c(C)cc(N2CCCOCC2)nc1N1CCC(F)C1. The second kappa shape index (κ2) is 7.29. The third-order valence-electron chi connectivity index (χ3n) is 4.48. The zero-order valence-electron chi connectivity index (χ0n) is 14.2. The number of anilines is 2. The molecular formula is C16H24FN4O3+. The molecule has 1 aromatic heterocycles. The number of alkyl halides is 1. The van der Waals surface area contributed by atoms with Crippen LogP contribution in [0.3, 0.4) is 0 Å². The molecule has 2 saturated heterocycles. The number of aromatic nitrogens is 1. The minimum Gasteiger partial charge on any atom is -0.380 e. The van der Waals surface area contributed by atoms with Crippen molar-refractivity contribution in [3.05, 3.63) is 16.5 Å². The standard InChI is InChI=1S/C16H24FN4O3/c1-12-10-14(19-5-3-8-24-9-7-19)18-16(15(12)21(22)23-2)20-6-4-13(17)11-20/h10,13H,3-9,11H2,1-2H3/q+1. The van der Waals surface area contributed by atoms with Crippen LogP contribution in [0.1, 0.15) is 18.4 Å². The maximum absolute atomic E-state index is 13.7. The van der Waals surface area contributed by atoms with E-state index in [2.05, 4.69) is 4.90 Å². The molecule has 2 fully saturated rings. The smallest absolute Gasteiger partial charge is 0.361 e. The lowest BCUT2D eigenvalue weighted by Crippen LogP contribution is -2.29. The summed E-state index contributed by atoms with van der Waals surface area (Å²) in [6.45, 7) is 5.65. The number of rotatable bonds is 4. The monoisotopic (exact) mass is 339 g/mol. The van der Waals surface area contributed by atoms with E-state index in [9.17, 15) is 9.30 Å². The van der Waals surface area contributed by atoms with Crippen LogP contribution in [0.4, 0.5) is 21.7 Å². The van der Waals surface area contributed by atoms with Crippen molar-refractivity contribution in [2.45, 2.75) is 25.9 Å². The summed E-state index contributed by atoms with van der Waals surface area (Å²) in [6, 6.07) is 1.89. The maximum Gasteiger partial charge on any atom is 0.361 e. The Kier molecular flexibility index (Phi) is 5.13. The van der Waals surface area contributed by atoms with E-state index in [0.29, 0.717) is 36.0 Å². The van der Waals surface area contributed by atoms with Crippen LogP contribution in [0.5, 0.6) is 0 Å². The second-order valence-electron chi connectivity index (χ2n) is 6.19. The Bertz CT molecular complexity index is 605. The lowest BCUT2D eigenvalue weighted by Gasteiger charge is -2.24. The molecule has 2 aliphatic heterocycles. The zero-order valence-corrected chi connectivity index (χ0v) is 14.2. The van der Waals surface area contributed by atoms with E-state index < -0.39 is 6.17 Å². The van der Waals surface area contributed by atoms with E-state index in [1.807, 2.05) is 17.9 Å². The van der Waals surface area contributed by atoms with Crippen molar-refractivity contribution in [3.63, 3.8) is 0 Å². The highest BCUT2D eigenvalue weighted by molar-refractivity contribution is 5.66. The van der Waals surface area contributed by atoms with E-state index >= 15 is 0 Å². The van der Waals surface area contributed by atoms with Crippen molar-refractivity contribution in [1.82, 2.24) is 4.98 Å². The van der Waals surface area contributed by atoms with Gasteiger partial charge in [-0.2, -0.15) is 0 Å². The normalized spacial score (nSPS) is 21.7. The lowest BCUT2D eigenvalue weighted by molar-refractivity contribution is -0.736. The fourth-order valence-corrected chi connectivity index (χ4v) is 3.22. The first-order chi connectivity index (χ1) is 11.6. The van der Waals surface area contributed by atoms with E-state index in [1.165, 1.54) is 7.11 Å². The lowest BCUT2D eigenvalue weighted by atomic mass is 10.2. The van der Waals surface area contributed by atoms with Crippen LogP contribution in [-0.4, -0.2) is 62.6 Å². The first kappa shape index (κ1) is 16.9. The Balaban J connectivity index is 1.99. The molecule has 3 heterocycles. The molecule has 2 aliphatic rings. The maximum atomic E-state index is 13.7. The highest BCUT2D eigenvalue weighted by atomic mass is 19.1. The van der Waals surface area contributed by atoms with Gasteiger partial charge in [0.05, 0.1) is 18.1 Å². The Labute approximate surface area is 140 Å². The number of nitrogens with zero attached hydrogens (tertiary/aromatic N) is 4. The molecule has 3 rings (SSSR count). The molecule has 24 heavy (non-hydrogen) atoms. The summed E-state index contributed by atoms with van der Waals surface area (Å²) in [7, 11) is 1.32. The number of aryl methyl sites for hydroxylation is 1. The van der Waals surface area contributed by atoms with Crippen LogP contribution < -0.4 is 9.80 Å². The fourth-order valence-electron chi connectivity index (χ4n) is 3.22. The fraction of sp³-hybridized carbons (Fsp3) is 0.688. The molecular weight excluding hydrogens is 315 g/mol. The van der Waals surface area contributed by atoms with Crippen molar-refractivity contribution in [3.8, 4) is 0 Å². The van der Waals surface area contributed by atoms with E-state index in [0.717, 1.165) is 37.5 Å². The minimum absolute atomic E-state index is 0.254. The molecule has 1 aromatic rings. The molecule has 0 bridgehead atoms. The van der Waals surface area contributed by atoms with E-state index in [-0.39, 0.29) is 6.54 Å². The van der Waals surface area contributed by atoms with Crippen LogP contribution >= 0.6 is 0 Å². The van der Waals surface area contributed by atoms with Gasteiger partial charge in [0.2, 0.25) is 5.82 Å². The summed E-state index contributed by atoms with van der Waals surface area (Å²) in [5.74, 6) is 1.29. The number of hydrogen-bond acceptors (Lipinski definition) is 6. The minimum atomic E-state index is -0.891. The summed E-state index contributed by atoms with van der Waals surface area (Å²) in [6.07, 6.45) is 0.492. The molecule has 0 saturated carbocycles. The van der Waals surface area contributed by atoms with Crippen LogP contribution in [-0.2, 0) is 9.57 Å². The molecule has 0 amide bonds. The molecule has 0 spiro atoms. The summed E-state index contributed by atoms with van der Waals surface area (Å²) >= 11 is 0. The summed E-state index contributed by atoms with van der Waals surface area (Å²) in [4.78, 5) is 26.1. The molecule has 1 atom stereocenters. The molecule has 7 nitrogen and oxygen atoms in total. The van der Waals surface area contributed by atoms with Gasteiger partial charge in [0.25, 0.3) is 4.92 Å². The van der Waals surface area contributed by atoms with Gasteiger partial charge in [-0.1, -0.05) is 0 Å². The molecule has 0 N–H and O–H groups in total. The first-order valence-electron chi connectivity index (χ1n) is 8.35. The van der Waals surface area contributed by atoms with Crippen molar-refractivity contribution < 1.29 is 18.9 Å². The van der Waals surface area contributed by atoms with Crippen molar-refractivity contribution in [2.24, 2.45) is 0 Å². The van der Waals surface area contributed by atoms with Crippen molar-refractivity contribution in [1.29, 1.82) is 0 Å². The highest BCUT2D eigenvalue weighted by Gasteiger charge is 2.34. The largest absolute Gasteiger partial charge is 0.380 e. The molecule has 1 unspecified atom stereocenters. The summed E-state index contributed by atoms with van der Waals surface area (Å²) in [5, 5.41) is 0. The number of halogens is 1. The average Bonchev–Trinajstić information content (AvgIpc) is 2.84. The van der Waals surface area contributed by atoms with Gasteiger partial charge in [0, 0.05) is 31.8 Å². The van der Waals surface area contributed by atoms with Gasteiger partial charge in [0.15, 0.2) is 7.11 Å². The predicted molar refractivity (Wildman–Crippen MR) is 88.6 cm³/mol. The van der Waals surface area contributed by atoms with Crippen LogP contribution in [0.25, 0.3) is 0 Å². The van der Waals surface area contributed by atoms with Crippen LogP contribution in [0.15, 0.2) is 6.07 Å². The second-order valence-corrected chi connectivity index (χ2v) is 6.19. The third-order valence-corrected chi connectivity index (χ3v) is 4.48. The zero-order chi connectivity index (χ0) is 17.1. The van der Waals surface area contributed by atoms with Gasteiger partial charge < -0.3 is 14.5 Å². The van der Waals surface area contributed by atoms with Crippen molar-refractivity contribution in [2.75, 3.05) is 56.3 Å². The Hall–Kier alpha value is -1.96. The molecule has 8 heteroatoms. The Morgan fingerprint density at radius 2 is 2.17 bits per heavy atom. The molecule has 0 radical (unpaired) electrons. The third kappa shape index (κ3) is 3.43. The highest BCUT2D eigenvalue weighted by Crippen LogP contribution is 2.35. The van der Waals surface area contributed by atoms with Gasteiger partial charge in [-0.05, 0) is 25.8 Å². The molecule has 132 valence electrons. The van der Waals surface area contributed by atoms with Crippen LogP contribution in [0.2, 0.25) is 0 Å². The summed E-state index contributed by atoms with van der Waals surface area (Å²) in [5.41, 5.74) is 1.11. The molecule has 0 aliphatic carbocycles. The summed E-state index contributed by atoms with van der Waals surface area (Å²) < 4.78 is 19.2. The number of hydrogen-bond donors (Lipinski definition) is 0. The Morgan fingerprint density at radius 1 is 1.33 bits per heavy atom. The average molecular weight is 339 g/mol. The quantitative estimate of drug-likeness (QED) is 0.784. The predicted octanol–water partition coefficient (Wildman–Crippen LogP) is 2.14. The number of ether oxygens (including phenoxy) is 1.